The van der Waals surface area contributed by atoms with E-state index in [1.807, 2.05) is 0 Å². The van der Waals surface area contributed by atoms with Crippen molar-refractivity contribution in [2.45, 2.75) is 85.2 Å². The van der Waals surface area contributed by atoms with Gasteiger partial charge in [0.05, 0.1) is 0 Å². The van der Waals surface area contributed by atoms with E-state index < -0.39 is 0 Å². The van der Waals surface area contributed by atoms with Gasteiger partial charge in [0.1, 0.15) is 11.9 Å². The number of fused-ring (bicyclic) bond motifs is 5. The maximum atomic E-state index is 11.5. The van der Waals surface area contributed by atoms with Crippen LogP contribution in [0.1, 0.15) is 79.1 Å². The minimum Gasteiger partial charge on any atom is -0.463 e. The fourth-order valence-corrected chi connectivity index (χ4v) is 7.40. The van der Waals surface area contributed by atoms with Crippen LogP contribution >= 0.6 is 0 Å². The summed E-state index contributed by atoms with van der Waals surface area (Å²) in [5, 5.41) is 0. The highest BCUT2D eigenvalue weighted by atomic mass is 16.5. The molecule has 150 valence electrons. The highest BCUT2D eigenvalue weighted by Gasteiger charge is 2.59. The predicted octanol–water partition coefficient (Wildman–Crippen LogP) is 5.02. The van der Waals surface area contributed by atoms with Crippen molar-refractivity contribution in [3.05, 3.63) is 11.8 Å². The summed E-state index contributed by atoms with van der Waals surface area (Å²) in [4.78, 5) is 22.9. The zero-order chi connectivity index (χ0) is 19.4. The van der Waals surface area contributed by atoms with Gasteiger partial charge in [-0.3, -0.25) is 9.59 Å². The maximum absolute atomic E-state index is 11.5. The summed E-state index contributed by atoms with van der Waals surface area (Å²) in [6.07, 6.45) is 11.4. The number of hydrogen-bond acceptors (Lipinski definition) is 4. The van der Waals surface area contributed by atoms with E-state index in [4.69, 9.17) is 9.47 Å². The second-order valence-corrected chi connectivity index (χ2v) is 10.0. The average Bonchev–Trinajstić information content (AvgIpc) is 2.91. The molecule has 4 rings (SSSR count). The fraction of sp³-hybridized carbons (Fsp3) is 0.826. The smallest absolute Gasteiger partial charge is 0.307 e. The Bertz CT molecular complexity index is 667. The summed E-state index contributed by atoms with van der Waals surface area (Å²) in [5.74, 6) is 3.35. The van der Waals surface area contributed by atoms with E-state index in [2.05, 4.69) is 19.9 Å². The lowest BCUT2D eigenvalue weighted by atomic mass is 9.45. The molecule has 0 amide bonds. The molecule has 0 N–H and O–H groups in total. The van der Waals surface area contributed by atoms with E-state index in [0.717, 1.165) is 43.3 Å². The van der Waals surface area contributed by atoms with Crippen LogP contribution in [0.3, 0.4) is 0 Å². The number of hydrogen-bond donors (Lipinski definition) is 0. The van der Waals surface area contributed by atoms with Gasteiger partial charge in [0.2, 0.25) is 0 Å². The Kier molecular flexibility index (Phi) is 4.67. The Morgan fingerprint density at radius 1 is 1.00 bits per heavy atom. The Labute approximate surface area is 163 Å². The zero-order valence-corrected chi connectivity index (χ0v) is 17.3. The largest absolute Gasteiger partial charge is 0.463 e. The summed E-state index contributed by atoms with van der Waals surface area (Å²) in [5.41, 5.74) is 0.399. The van der Waals surface area contributed by atoms with E-state index in [0.29, 0.717) is 17.3 Å². The molecule has 3 fully saturated rings. The topological polar surface area (TPSA) is 52.6 Å². The molecule has 0 radical (unpaired) electrons. The number of carbonyl (C=O) groups is 2. The SMILES string of the molecule is CC(=O)OC1=CC[C@@H]2[C@@H]3CC[C@@H]4C[C@H](OC(C)=O)CC[C@@]4(C)[C@H]3CC[C@@]12C. The first-order valence-corrected chi connectivity index (χ1v) is 10.8. The van der Waals surface area contributed by atoms with Gasteiger partial charge in [0.15, 0.2) is 0 Å². The quantitative estimate of drug-likeness (QED) is 0.637. The van der Waals surface area contributed by atoms with Gasteiger partial charge in [-0.1, -0.05) is 13.8 Å². The molecule has 0 unspecified atom stereocenters. The molecule has 4 heteroatoms. The van der Waals surface area contributed by atoms with E-state index in [1.165, 1.54) is 39.5 Å². The van der Waals surface area contributed by atoms with Crippen LogP contribution in [0.5, 0.6) is 0 Å². The lowest BCUT2D eigenvalue weighted by Crippen LogP contribution is -2.54. The highest BCUT2D eigenvalue weighted by molar-refractivity contribution is 5.67. The second-order valence-electron chi connectivity index (χ2n) is 10.0. The highest BCUT2D eigenvalue weighted by Crippen LogP contribution is 2.66. The number of ether oxygens (including phenoxy) is 2. The van der Waals surface area contributed by atoms with Gasteiger partial charge < -0.3 is 9.47 Å². The molecule has 0 aromatic carbocycles. The average molecular weight is 375 g/mol. The van der Waals surface area contributed by atoms with Gasteiger partial charge >= 0.3 is 11.9 Å². The fourth-order valence-electron chi connectivity index (χ4n) is 7.40. The second kappa shape index (κ2) is 6.63. The molecule has 0 saturated heterocycles. The number of esters is 2. The summed E-state index contributed by atoms with van der Waals surface area (Å²) < 4.78 is 11.2. The normalized spacial score (nSPS) is 45.8. The third kappa shape index (κ3) is 3.03. The Morgan fingerprint density at radius 3 is 2.48 bits per heavy atom. The molecule has 4 aliphatic carbocycles. The minimum atomic E-state index is -0.190. The van der Waals surface area contributed by atoms with Crippen LogP contribution < -0.4 is 0 Å². The van der Waals surface area contributed by atoms with Gasteiger partial charge in [-0.15, -0.1) is 0 Å². The third-order valence-corrected chi connectivity index (χ3v) is 8.71. The van der Waals surface area contributed by atoms with E-state index >= 15 is 0 Å². The number of rotatable bonds is 2. The van der Waals surface area contributed by atoms with Crippen molar-refractivity contribution in [1.29, 1.82) is 0 Å². The minimum absolute atomic E-state index is 0.0327. The van der Waals surface area contributed by atoms with Crippen molar-refractivity contribution >= 4 is 11.9 Å². The first kappa shape index (κ1) is 19.0. The molecule has 0 bridgehead atoms. The van der Waals surface area contributed by atoms with Crippen LogP contribution in [-0.2, 0) is 19.1 Å². The van der Waals surface area contributed by atoms with Crippen molar-refractivity contribution in [3.8, 4) is 0 Å². The molecule has 3 saturated carbocycles. The molecule has 4 nitrogen and oxygen atoms in total. The van der Waals surface area contributed by atoms with Gasteiger partial charge in [0.25, 0.3) is 0 Å². The summed E-state index contributed by atoms with van der Waals surface area (Å²) in [7, 11) is 0. The van der Waals surface area contributed by atoms with Crippen molar-refractivity contribution < 1.29 is 19.1 Å². The maximum Gasteiger partial charge on any atom is 0.307 e. The zero-order valence-electron chi connectivity index (χ0n) is 17.3. The van der Waals surface area contributed by atoms with Gasteiger partial charge in [0, 0.05) is 19.3 Å². The van der Waals surface area contributed by atoms with E-state index in [-0.39, 0.29) is 23.5 Å². The Hall–Kier alpha value is -1.32. The van der Waals surface area contributed by atoms with Crippen LogP contribution in [-0.4, -0.2) is 18.0 Å². The monoisotopic (exact) mass is 374 g/mol. The molecule has 0 aliphatic heterocycles. The third-order valence-electron chi connectivity index (χ3n) is 8.71. The van der Waals surface area contributed by atoms with Crippen molar-refractivity contribution in [2.75, 3.05) is 0 Å². The summed E-state index contributed by atoms with van der Waals surface area (Å²) >= 11 is 0. The number of allylic oxidation sites excluding steroid dienone is 2. The Morgan fingerprint density at radius 2 is 1.78 bits per heavy atom. The standard InChI is InChI=1S/C23H34O4/c1-14(24)26-17-9-11-22(3)16(13-17)5-6-18-19-7-8-21(27-15(2)25)23(19,4)12-10-20(18)22/h8,16-20H,5-7,9-13H2,1-4H3/t16-,17-,18+,19-,20+,22-,23-/m1/s1. The van der Waals surface area contributed by atoms with Gasteiger partial charge in [-0.2, -0.15) is 0 Å². The molecule has 0 spiro atoms. The molecule has 7 atom stereocenters. The molecule has 4 aliphatic rings. The first-order valence-electron chi connectivity index (χ1n) is 10.8. The van der Waals surface area contributed by atoms with Crippen molar-refractivity contribution in [1.82, 2.24) is 0 Å². The molecular weight excluding hydrogens is 340 g/mol. The molecule has 27 heavy (non-hydrogen) atoms. The van der Waals surface area contributed by atoms with E-state index in [9.17, 15) is 9.59 Å². The molecule has 0 aromatic rings. The van der Waals surface area contributed by atoms with E-state index in [1.54, 1.807) is 0 Å². The van der Waals surface area contributed by atoms with Gasteiger partial charge in [-0.25, -0.2) is 0 Å². The summed E-state index contributed by atoms with van der Waals surface area (Å²) in [6.45, 7) is 7.87. The number of carbonyl (C=O) groups excluding carboxylic acids is 2. The molecular formula is C23H34O4. The summed E-state index contributed by atoms with van der Waals surface area (Å²) in [6, 6.07) is 0. The van der Waals surface area contributed by atoms with Crippen LogP contribution in [0.4, 0.5) is 0 Å². The Balaban J connectivity index is 1.51. The van der Waals surface area contributed by atoms with Crippen LogP contribution in [0.25, 0.3) is 0 Å². The van der Waals surface area contributed by atoms with Crippen LogP contribution in [0.15, 0.2) is 11.8 Å². The molecule has 0 heterocycles. The lowest BCUT2D eigenvalue weighted by Gasteiger charge is -2.60. The van der Waals surface area contributed by atoms with Crippen molar-refractivity contribution in [3.63, 3.8) is 0 Å². The van der Waals surface area contributed by atoms with Crippen molar-refractivity contribution in [2.24, 2.45) is 34.5 Å². The lowest BCUT2D eigenvalue weighted by molar-refractivity contribution is -0.159. The van der Waals surface area contributed by atoms with Crippen LogP contribution in [0, 0.1) is 34.5 Å². The predicted molar refractivity (Wildman–Crippen MR) is 103 cm³/mol. The van der Waals surface area contributed by atoms with Gasteiger partial charge in [-0.05, 0) is 86.5 Å². The molecule has 0 aromatic heterocycles. The van der Waals surface area contributed by atoms with Crippen LogP contribution in [0.2, 0.25) is 0 Å². The first-order chi connectivity index (χ1) is 12.7.